The Balaban J connectivity index is 1.78. The van der Waals surface area contributed by atoms with Crippen molar-refractivity contribution < 1.29 is 14.3 Å². The second-order valence-electron chi connectivity index (χ2n) is 4.49. The van der Waals surface area contributed by atoms with E-state index in [1.54, 1.807) is 0 Å². The molecule has 0 radical (unpaired) electrons. The Morgan fingerprint density at radius 3 is 2.89 bits per heavy atom. The van der Waals surface area contributed by atoms with Crippen LogP contribution in [-0.4, -0.2) is 25.4 Å². The van der Waals surface area contributed by atoms with Crippen LogP contribution in [0.5, 0.6) is 11.5 Å². The van der Waals surface area contributed by atoms with Gasteiger partial charge < -0.3 is 20.1 Å². The molecular weight excluding hydrogens is 232 g/mol. The summed E-state index contributed by atoms with van der Waals surface area (Å²) in [6.45, 7) is 4.74. The Hall–Kier alpha value is -1.91. The van der Waals surface area contributed by atoms with Gasteiger partial charge in [-0.3, -0.25) is 0 Å². The minimum Gasteiger partial charge on any atom is -0.454 e. The first-order chi connectivity index (χ1) is 8.65. The topological polar surface area (TPSA) is 59.6 Å². The third-order valence-corrected chi connectivity index (χ3v) is 2.56. The van der Waals surface area contributed by atoms with Gasteiger partial charge in [-0.25, -0.2) is 4.79 Å². The molecule has 0 aromatic heterocycles. The van der Waals surface area contributed by atoms with Gasteiger partial charge in [0.1, 0.15) is 0 Å². The first kappa shape index (κ1) is 12.5. The van der Waals surface area contributed by atoms with E-state index in [0.717, 1.165) is 23.5 Å². The van der Waals surface area contributed by atoms with E-state index in [0.29, 0.717) is 6.54 Å². The molecule has 18 heavy (non-hydrogen) atoms. The Morgan fingerprint density at radius 1 is 1.33 bits per heavy atom. The maximum atomic E-state index is 11.4. The molecule has 5 nitrogen and oxygen atoms in total. The van der Waals surface area contributed by atoms with Crippen LogP contribution >= 0.6 is 0 Å². The van der Waals surface area contributed by atoms with E-state index >= 15 is 0 Å². The highest BCUT2D eigenvalue weighted by atomic mass is 16.7. The molecule has 2 N–H and O–H groups in total. The van der Waals surface area contributed by atoms with Crippen molar-refractivity contribution in [3.8, 4) is 11.5 Å². The molecule has 1 heterocycles. The molecule has 1 aliphatic heterocycles. The minimum absolute atomic E-state index is 0.134. The fraction of sp³-hybridized carbons (Fsp3) is 0.462. The fourth-order valence-electron chi connectivity index (χ4n) is 1.73. The molecule has 0 atom stereocenters. The number of amides is 2. The van der Waals surface area contributed by atoms with E-state index in [1.165, 1.54) is 0 Å². The maximum absolute atomic E-state index is 11.4. The molecular formula is C13H18N2O3. The minimum atomic E-state index is -0.134. The molecule has 0 spiro atoms. The number of ether oxygens (including phenoxy) is 2. The van der Waals surface area contributed by atoms with Gasteiger partial charge in [0.2, 0.25) is 6.79 Å². The van der Waals surface area contributed by atoms with Crippen LogP contribution in [0.15, 0.2) is 18.2 Å². The smallest absolute Gasteiger partial charge is 0.314 e. The number of nitrogens with one attached hydrogen (secondary N) is 2. The third kappa shape index (κ3) is 3.29. The van der Waals surface area contributed by atoms with Crippen molar-refractivity contribution in [2.75, 3.05) is 13.3 Å². The summed E-state index contributed by atoms with van der Waals surface area (Å²) >= 11 is 0. The van der Waals surface area contributed by atoms with E-state index in [2.05, 4.69) is 10.6 Å². The molecule has 0 unspecified atom stereocenters. The van der Waals surface area contributed by atoms with Gasteiger partial charge in [0.05, 0.1) is 0 Å². The SMILES string of the molecule is CC(C)NC(=O)NCCc1ccc2c(c1)OCO2. The van der Waals surface area contributed by atoms with Gasteiger partial charge in [-0.1, -0.05) is 6.07 Å². The summed E-state index contributed by atoms with van der Waals surface area (Å²) in [6.07, 6.45) is 0.766. The summed E-state index contributed by atoms with van der Waals surface area (Å²) in [5.41, 5.74) is 1.11. The highest BCUT2D eigenvalue weighted by Crippen LogP contribution is 2.32. The summed E-state index contributed by atoms with van der Waals surface area (Å²) in [5, 5.41) is 5.58. The number of urea groups is 1. The molecule has 1 aromatic carbocycles. The van der Waals surface area contributed by atoms with Gasteiger partial charge in [0, 0.05) is 12.6 Å². The van der Waals surface area contributed by atoms with Gasteiger partial charge >= 0.3 is 6.03 Å². The lowest BCUT2D eigenvalue weighted by molar-refractivity contribution is 0.174. The number of carbonyl (C=O) groups is 1. The molecule has 0 saturated heterocycles. The maximum Gasteiger partial charge on any atom is 0.314 e. The van der Waals surface area contributed by atoms with E-state index in [1.807, 2.05) is 32.0 Å². The first-order valence-electron chi connectivity index (χ1n) is 6.08. The van der Waals surface area contributed by atoms with Gasteiger partial charge in [-0.2, -0.15) is 0 Å². The zero-order valence-electron chi connectivity index (χ0n) is 10.7. The fourth-order valence-corrected chi connectivity index (χ4v) is 1.73. The Labute approximate surface area is 106 Å². The summed E-state index contributed by atoms with van der Waals surface area (Å²) < 4.78 is 10.5. The number of hydrogen-bond donors (Lipinski definition) is 2. The summed E-state index contributed by atoms with van der Waals surface area (Å²) in [6, 6.07) is 5.84. The van der Waals surface area contributed by atoms with Crippen LogP contribution in [0.4, 0.5) is 4.79 Å². The zero-order chi connectivity index (χ0) is 13.0. The van der Waals surface area contributed by atoms with Crippen LogP contribution in [0.3, 0.4) is 0 Å². The number of rotatable bonds is 4. The number of benzene rings is 1. The van der Waals surface area contributed by atoms with Crippen molar-refractivity contribution in [3.63, 3.8) is 0 Å². The summed E-state index contributed by atoms with van der Waals surface area (Å²) in [7, 11) is 0. The number of hydrogen-bond acceptors (Lipinski definition) is 3. The zero-order valence-corrected chi connectivity index (χ0v) is 10.7. The summed E-state index contributed by atoms with van der Waals surface area (Å²) in [4.78, 5) is 11.4. The van der Waals surface area contributed by atoms with Crippen LogP contribution in [0.25, 0.3) is 0 Å². The molecule has 0 fully saturated rings. The lowest BCUT2D eigenvalue weighted by Crippen LogP contribution is -2.40. The van der Waals surface area contributed by atoms with Gasteiger partial charge in [0.15, 0.2) is 11.5 Å². The Kier molecular flexibility index (Phi) is 3.92. The highest BCUT2D eigenvalue weighted by molar-refractivity contribution is 5.74. The van der Waals surface area contributed by atoms with Crippen LogP contribution in [0.1, 0.15) is 19.4 Å². The van der Waals surface area contributed by atoms with Crippen molar-refractivity contribution in [2.45, 2.75) is 26.3 Å². The lowest BCUT2D eigenvalue weighted by Gasteiger charge is -2.10. The van der Waals surface area contributed by atoms with Crippen molar-refractivity contribution in [1.29, 1.82) is 0 Å². The average Bonchev–Trinajstić information content (AvgIpc) is 2.75. The molecule has 0 saturated carbocycles. The van der Waals surface area contributed by atoms with Crippen LogP contribution in [0.2, 0.25) is 0 Å². The predicted octanol–water partition coefficient (Wildman–Crippen LogP) is 1.67. The standard InChI is InChI=1S/C13H18N2O3/c1-9(2)15-13(16)14-6-5-10-3-4-11-12(7-10)18-8-17-11/h3-4,7,9H,5-6,8H2,1-2H3,(H2,14,15,16). The Morgan fingerprint density at radius 2 is 2.11 bits per heavy atom. The molecule has 2 amide bonds. The summed E-state index contributed by atoms with van der Waals surface area (Å²) in [5.74, 6) is 1.56. The van der Waals surface area contributed by atoms with E-state index in [-0.39, 0.29) is 18.9 Å². The van der Waals surface area contributed by atoms with Crippen molar-refractivity contribution >= 4 is 6.03 Å². The molecule has 5 heteroatoms. The van der Waals surface area contributed by atoms with E-state index in [9.17, 15) is 4.79 Å². The molecule has 1 aromatic rings. The molecule has 98 valence electrons. The average molecular weight is 250 g/mol. The second kappa shape index (κ2) is 5.62. The molecule has 0 aliphatic carbocycles. The third-order valence-electron chi connectivity index (χ3n) is 2.56. The van der Waals surface area contributed by atoms with Crippen molar-refractivity contribution in [1.82, 2.24) is 10.6 Å². The highest BCUT2D eigenvalue weighted by Gasteiger charge is 2.12. The second-order valence-corrected chi connectivity index (χ2v) is 4.49. The van der Waals surface area contributed by atoms with Crippen LogP contribution in [-0.2, 0) is 6.42 Å². The van der Waals surface area contributed by atoms with Gasteiger partial charge in [-0.05, 0) is 38.0 Å². The molecule has 1 aliphatic rings. The van der Waals surface area contributed by atoms with Gasteiger partial charge in [-0.15, -0.1) is 0 Å². The quantitative estimate of drug-likeness (QED) is 0.854. The first-order valence-corrected chi connectivity index (χ1v) is 6.08. The van der Waals surface area contributed by atoms with Crippen LogP contribution in [0, 0.1) is 0 Å². The number of fused-ring (bicyclic) bond motifs is 1. The molecule has 2 rings (SSSR count). The van der Waals surface area contributed by atoms with Crippen molar-refractivity contribution in [3.05, 3.63) is 23.8 Å². The van der Waals surface area contributed by atoms with E-state index < -0.39 is 0 Å². The predicted molar refractivity (Wildman–Crippen MR) is 67.9 cm³/mol. The van der Waals surface area contributed by atoms with Gasteiger partial charge in [0.25, 0.3) is 0 Å². The van der Waals surface area contributed by atoms with Crippen LogP contribution < -0.4 is 20.1 Å². The largest absolute Gasteiger partial charge is 0.454 e. The normalized spacial score (nSPS) is 12.6. The van der Waals surface area contributed by atoms with Crippen molar-refractivity contribution in [2.24, 2.45) is 0 Å². The monoisotopic (exact) mass is 250 g/mol. The Bertz CT molecular complexity index is 432. The lowest BCUT2D eigenvalue weighted by atomic mass is 10.1. The van der Waals surface area contributed by atoms with E-state index in [4.69, 9.17) is 9.47 Å². The number of carbonyl (C=O) groups excluding carboxylic acids is 1. The molecule has 0 bridgehead atoms.